The van der Waals surface area contributed by atoms with Crippen LogP contribution in [0.4, 0.5) is 16.2 Å². The second-order valence-electron chi connectivity index (χ2n) is 7.44. The Balaban J connectivity index is 1.56. The lowest BCUT2D eigenvalue weighted by molar-refractivity contribution is -0.122. The lowest BCUT2D eigenvalue weighted by Gasteiger charge is -2.26. The molecule has 0 bridgehead atoms. The highest BCUT2D eigenvalue weighted by Gasteiger charge is 2.36. The lowest BCUT2D eigenvalue weighted by Crippen LogP contribution is -2.54. The number of imide groups is 2. The molecule has 0 spiro atoms. The minimum atomic E-state index is -0.849. The summed E-state index contributed by atoms with van der Waals surface area (Å²) in [5.41, 5.74) is 0.809. The summed E-state index contributed by atoms with van der Waals surface area (Å²) >= 11 is 15.2. The standard InChI is InChI=1S/C25H16BrCl2N3O5/c26-15-6-9-21(36-13-22(32)29-16-7-8-19(27)20(28)12-16)14(10-15)11-18-23(33)30-25(35)31(24(18)34)17-4-2-1-3-5-17/h1-12H,13H2,(H,29,32)(H,30,33,35)/b18-11-. The zero-order valence-corrected chi connectivity index (χ0v) is 21.4. The number of carbonyl (C=O) groups is 4. The van der Waals surface area contributed by atoms with E-state index in [0.29, 0.717) is 26.4 Å². The van der Waals surface area contributed by atoms with Crippen LogP contribution in [0.3, 0.4) is 0 Å². The van der Waals surface area contributed by atoms with Crippen LogP contribution in [-0.2, 0) is 14.4 Å². The Kier molecular flexibility index (Phi) is 7.73. The van der Waals surface area contributed by atoms with Gasteiger partial charge in [0.25, 0.3) is 17.7 Å². The van der Waals surface area contributed by atoms with Crippen LogP contribution in [-0.4, -0.2) is 30.4 Å². The minimum Gasteiger partial charge on any atom is -0.483 e. The smallest absolute Gasteiger partial charge is 0.335 e. The number of barbiturate groups is 1. The van der Waals surface area contributed by atoms with Crippen LogP contribution in [0, 0.1) is 0 Å². The first-order chi connectivity index (χ1) is 17.2. The van der Waals surface area contributed by atoms with Crippen molar-refractivity contribution < 1.29 is 23.9 Å². The molecule has 3 aromatic carbocycles. The molecule has 182 valence electrons. The summed E-state index contributed by atoms with van der Waals surface area (Å²) in [6.45, 7) is -0.368. The van der Waals surface area contributed by atoms with Gasteiger partial charge in [-0.05, 0) is 54.6 Å². The highest BCUT2D eigenvalue weighted by Crippen LogP contribution is 2.29. The van der Waals surface area contributed by atoms with E-state index in [-0.39, 0.29) is 23.0 Å². The number of halogens is 3. The number of urea groups is 1. The third-order valence-corrected chi connectivity index (χ3v) is 6.18. The van der Waals surface area contributed by atoms with Crippen LogP contribution < -0.4 is 20.3 Å². The normalized spacial score (nSPS) is 14.6. The number of hydrogen-bond acceptors (Lipinski definition) is 5. The van der Waals surface area contributed by atoms with Gasteiger partial charge in [-0.2, -0.15) is 0 Å². The van der Waals surface area contributed by atoms with Crippen molar-refractivity contribution in [2.75, 3.05) is 16.8 Å². The van der Waals surface area contributed by atoms with Crippen molar-refractivity contribution in [1.29, 1.82) is 0 Å². The first-order valence-electron chi connectivity index (χ1n) is 10.4. The van der Waals surface area contributed by atoms with Gasteiger partial charge in [0.2, 0.25) is 0 Å². The average molecular weight is 589 g/mol. The summed E-state index contributed by atoms with van der Waals surface area (Å²) < 4.78 is 6.31. The number of carbonyl (C=O) groups excluding carboxylic acids is 4. The van der Waals surface area contributed by atoms with Crippen molar-refractivity contribution in [2.24, 2.45) is 0 Å². The van der Waals surface area contributed by atoms with Crippen molar-refractivity contribution in [1.82, 2.24) is 5.32 Å². The number of anilines is 2. The molecule has 2 N–H and O–H groups in total. The third kappa shape index (κ3) is 5.76. The van der Waals surface area contributed by atoms with Crippen LogP contribution in [0.25, 0.3) is 6.08 Å². The number of benzene rings is 3. The van der Waals surface area contributed by atoms with E-state index in [4.69, 9.17) is 27.9 Å². The van der Waals surface area contributed by atoms with Crippen LogP contribution >= 0.6 is 39.1 Å². The molecule has 0 atom stereocenters. The Bertz CT molecular complexity index is 1410. The number of nitrogens with one attached hydrogen (secondary N) is 2. The maximum absolute atomic E-state index is 13.1. The van der Waals surface area contributed by atoms with Crippen LogP contribution in [0.5, 0.6) is 5.75 Å². The molecule has 0 saturated carbocycles. The minimum absolute atomic E-state index is 0.235. The largest absolute Gasteiger partial charge is 0.483 e. The first-order valence-corrected chi connectivity index (χ1v) is 11.9. The summed E-state index contributed by atoms with van der Waals surface area (Å²) in [5.74, 6) is -1.88. The Labute approximate surface area is 223 Å². The van der Waals surface area contributed by atoms with E-state index < -0.39 is 23.8 Å². The molecular weight excluding hydrogens is 573 g/mol. The zero-order chi connectivity index (χ0) is 25.8. The quantitative estimate of drug-likeness (QED) is 0.295. The molecule has 5 amide bonds. The van der Waals surface area contributed by atoms with Gasteiger partial charge in [-0.25, -0.2) is 9.69 Å². The molecule has 0 aliphatic carbocycles. The first kappa shape index (κ1) is 25.4. The predicted octanol–water partition coefficient (Wildman–Crippen LogP) is 5.44. The maximum atomic E-state index is 13.1. The van der Waals surface area contributed by atoms with Crippen molar-refractivity contribution in [2.45, 2.75) is 0 Å². The van der Waals surface area contributed by atoms with Crippen molar-refractivity contribution in [3.63, 3.8) is 0 Å². The monoisotopic (exact) mass is 587 g/mol. The van der Waals surface area contributed by atoms with E-state index in [0.717, 1.165) is 4.90 Å². The summed E-state index contributed by atoms with van der Waals surface area (Å²) in [6.07, 6.45) is 1.30. The fourth-order valence-corrected chi connectivity index (χ4v) is 3.98. The molecule has 4 rings (SSSR count). The van der Waals surface area contributed by atoms with Gasteiger partial charge < -0.3 is 10.1 Å². The summed E-state index contributed by atoms with van der Waals surface area (Å²) in [6, 6.07) is 16.9. The molecule has 3 aromatic rings. The van der Waals surface area contributed by atoms with Gasteiger partial charge in [0.15, 0.2) is 6.61 Å². The molecule has 1 aliphatic rings. The average Bonchev–Trinajstić information content (AvgIpc) is 2.84. The van der Waals surface area contributed by atoms with Crippen LogP contribution in [0.1, 0.15) is 5.56 Å². The summed E-state index contributed by atoms with van der Waals surface area (Å²) in [4.78, 5) is 51.3. The van der Waals surface area contributed by atoms with E-state index in [1.165, 1.54) is 12.1 Å². The number of amides is 5. The number of rotatable bonds is 6. The van der Waals surface area contributed by atoms with E-state index in [1.807, 2.05) is 0 Å². The second-order valence-corrected chi connectivity index (χ2v) is 9.17. The van der Waals surface area contributed by atoms with E-state index in [1.54, 1.807) is 60.7 Å². The number of ether oxygens (including phenoxy) is 1. The molecule has 1 fully saturated rings. The summed E-state index contributed by atoms with van der Waals surface area (Å²) in [5, 5.41) is 5.45. The molecule has 8 nitrogen and oxygen atoms in total. The number of nitrogens with zero attached hydrogens (tertiary/aromatic N) is 1. The Morgan fingerprint density at radius 3 is 2.47 bits per heavy atom. The van der Waals surface area contributed by atoms with Gasteiger partial charge in [0.05, 0.1) is 15.7 Å². The van der Waals surface area contributed by atoms with Gasteiger partial charge in [0.1, 0.15) is 11.3 Å². The second kappa shape index (κ2) is 10.9. The lowest BCUT2D eigenvalue weighted by atomic mass is 10.1. The molecule has 0 unspecified atom stereocenters. The molecule has 0 aromatic heterocycles. The maximum Gasteiger partial charge on any atom is 0.335 e. The van der Waals surface area contributed by atoms with Gasteiger partial charge in [-0.3, -0.25) is 19.7 Å². The van der Waals surface area contributed by atoms with Crippen molar-refractivity contribution in [3.05, 3.63) is 92.4 Å². The fourth-order valence-electron chi connectivity index (χ4n) is 3.30. The Morgan fingerprint density at radius 1 is 1.00 bits per heavy atom. The zero-order valence-electron chi connectivity index (χ0n) is 18.3. The van der Waals surface area contributed by atoms with E-state index in [9.17, 15) is 19.2 Å². The predicted molar refractivity (Wildman–Crippen MR) is 140 cm³/mol. The molecule has 36 heavy (non-hydrogen) atoms. The molecule has 11 heteroatoms. The van der Waals surface area contributed by atoms with Crippen molar-refractivity contribution >= 4 is 80.3 Å². The molecule has 1 saturated heterocycles. The van der Waals surface area contributed by atoms with E-state index >= 15 is 0 Å². The molecular formula is C25H16BrCl2N3O5. The van der Waals surface area contributed by atoms with Crippen LogP contribution in [0.2, 0.25) is 10.0 Å². The van der Waals surface area contributed by atoms with Crippen LogP contribution in [0.15, 0.2) is 76.8 Å². The Morgan fingerprint density at radius 2 is 1.75 bits per heavy atom. The SMILES string of the molecule is O=C(COc1ccc(Br)cc1/C=C1/C(=O)NC(=O)N(c2ccccc2)C1=O)Nc1ccc(Cl)c(Cl)c1. The summed E-state index contributed by atoms with van der Waals surface area (Å²) in [7, 11) is 0. The Hall–Kier alpha value is -3.66. The van der Waals surface area contributed by atoms with Crippen molar-refractivity contribution in [3.8, 4) is 5.75 Å². The highest BCUT2D eigenvalue weighted by molar-refractivity contribution is 9.10. The number of para-hydroxylation sites is 1. The third-order valence-electron chi connectivity index (χ3n) is 4.95. The van der Waals surface area contributed by atoms with E-state index in [2.05, 4.69) is 26.6 Å². The fraction of sp³-hybridized carbons (Fsp3) is 0.0400. The van der Waals surface area contributed by atoms with Gasteiger partial charge >= 0.3 is 6.03 Å². The molecule has 0 radical (unpaired) electrons. The molecule has 1 heterocycles. The van der Waals surface area contributed by atoms with Gasteiger partial charge in [-0.1, -0.05) is 57.3 Å². The highest BCUT2D eigenvalue weighted by atomic mass is 79.9. The van der Waals surface area contributed by atoms with Gasteiger partial charge in [-0.15, -0.1) is 0 Å². The topological polar surface area (TPSA) is 105 Å². The molecule has 1 aliphatic heterocycles. The number of hydrogen-bond donors (Lipinski definition) is 2. The van der Waals surface area contributed by atoms with Gasteiger partial charge in [0, 0.05) is 15.7 Å².